The molecule has 1 N–H and O–H groups in total. The lowest BCUT2D eigenvalue weighted by atomic mass is 9.83. The van der Waals surface area contributed by atoms with E-state index in [0.717, 1.165) is 11.3 Å². The fourth-order valence-corrected chi connectivity index (χ4v) is 3.39. The van der Waals surface area contributed by atoms with Gasteiger partial charge in [0.2, 0.25) is 0 Å². The molecule has 3 nitrogen and oxygen atoms in total. The summed E-state index contributed by atoms with van der Waals surface area (Å²) in [5.41, 5.74) is 6.39. The van der Waals surface area contributed by atoms with Gasteiger partial charge in [-0.3, -0.25) is 5.32 Å². The zero-order valence-corrected chi connectivity index (χ0v) is 15.7. The van der Waals surface area contributed by atoms with Crippen molar-refractivity contribution in [3.05, 3.63) is 29.3 Å². The summed E-state index contributed by atoms with van der Waals surface area (Å²) in [6.07, 6.45) is 6.02. The summed E-state index contributed by atoms with van der Waals surface area (Å²) in [4.78, 5) is 11.5. The highest BCUT2D eigenvalue weighted by molar-refractivity contribution is 6.83. The molecule has 0 atom stereocenters. The van der Waals surface area contributed by atoms with Crippen LogP contribution in [0.2, 0.25) is 19.6 Å². The number of hydrogen-bond acceptors (Lipinski definition) is 2. The highest BCUT2D eigenvalue weighted by Gasteiger charge is 2.17. The van der Waals surface area contributed by atoms with E-state index in [4.69, 9.17) is 4.74 Å². The third-order valence-electron chi connectivity index (χ3n) is 4.11. The van der Waals surface area contributed by atoms with Gasteiger partial charge in [0.25, 0.3) is 0 Å². The van der Waals surface area contributed by atoms with Gasteiger partial charge in [0.1, 0.15) is 8.07 Å². The quantitative estimate of drug-likeness (QED) is 0.602. The Morgan fingerprint density at radius 3 is 2.52 bits per heavy atom. The molecule has 0 radical (unpaired) electrons. The van der Waals surface area contributed by atoms with E-state index in [2.05, 4.69) is 48.6 Å². The second-order valence-corrected chi connectivity index (χ2v) is 12.0. The van der Waals surface area contributed by atoms with E-state index in [1.54, 1.807) is 0 Å². The first-order valence-corrected chi connectivity index (χ1v) is 11.9. The molecule has 0 heterocycles. The minimum atomic E-state index is -1.47. The molecule has 1 aliphatic rings. The van der Waals surface area contributed by atoms with E-state index in [0.29, 0.717) is 5.92 Å². The normalized spacial score (nSPS) is 15.5. The summed E-state index contributed by atoms with van der Waals surface area (Å²) in [6.45, 7) is 6.66. The van der Waals surface area contributed by atoms with E-state index in [9.17, 15) is 4.79 Å². The van der Waals surface area contributed by atoms with E-state index in [1.165, 1.54) is 44.8 Å². The number of carbonyl (C=O) groups is 1. The van der Waals surface area contributed by atoms with Gasteiger partial charge < -0.3 is 4.74 Å². The van der Waals surface area contributed by atoms with E-state index < -0.39 is 14.2 Å². The monoisotopic (exact) mass is 329 g/mol. The first-order valence-electron chi connectivity index (χ1n) is 8.41. The van der Waals surface area contributed by atoms with Crippen molar-refractivity contribution in [1.82, 2.24) is 0 Å². The SMILES string of the molecule is COC(=O)Nc1ccc(C2CCCCC2)cc1C#C[Si](C)(C)C. The molecule has 0 aromatic heterocycles. The summed E-state index contributed by atoms with van der Waals surface area (Å²) in [5.74, 6) is 3.93. The van der Waals surface area contributed by atoms with Gasteiger partial charge in [-0.15, -0.1) is 5.54 Å². The minimum absolute atomic E-state index is 0.452. The van der Waals surface area contributed by atoms with Crippen LogP contribution in [0.3, 0.4) is 0 Å². The van der Waals surface area contributed by atoms with Crippen LogP contribution in [-0.2, 0) is 4.74 Å². The van der Waals surface area contributed by atoms with Crippen molar-refractivity contribution >= 4 is 19.9 Å². The van der Waals surface area contributed by atoms with Crippen LogP contribution in [0.4, 0.5) is 10.5 Å². The Hall–Kier alpha value is -1.73. The van der Waals surface area contributed by atoms with Crippen molar-refractivity contribution in [1.29, 1.82) is 0 Å². The Morgan fingerprint density at radius 1 is 1.22 bits per heavy atom. The van der Waals surface area contributed by atoms with Crippen LogP contribution in [0.15, 0.2) is 18.2 Å². The van der Waals surface area contributed by atoms with Crippen molar-refractivity contribution in [2.45, 2.75) is 57.7 Å². The molecule has 0 spiro atoms. The minimum Gasteiger partial charge on any atom is -0.453 e. The standard InChI is InChI=1S/C19H27NO2Si/c1-22-19(21)20-18-11-10-16(15-8-6-5-7-9-15)14-17(18)12-13-23(2,3)4/h10-11,14-15H,5-9H2,1-4H3,(H,20,21). The topological polar surface area (TPSA) is 38.3 Å². The summed E-state index contributed by atoms with van der Waals surface area (Å²) < 4.78 is 4.71. The number of anilines is 1. The number of amides is 1. The maximum Gasteiger partial charge on any atom is 0.411 e. The van der Waals surface area contributed by atoms with Gasteiger partial charge in [-0.05, 0) is 36.5 Å². The zero-order valence-electron chi connectivity index (χ0n) is 14.7. The van der Waals surface area contributed by atoms with Crippen LogP contribution in [0.5, 0.6) is 0 Å². The first-order chi connectivity index (χ1) is 10.9. The van der Waals surface area contributed by atoms with Gasteiger partial charge in [-0.1, -0.05) is 50.9 Å². The first kappa shape index (κ1) is 17.6. The van der Waals surface area contributed by atoms with E-state index >= 15 is 0 Å². The Balaban J connectivity index is 2.34. The molecule has 23 heavy (non-hydrogen) atoms. The Kier molecular flexibility index (Phi) is 5.89. The number of ether oxygens (including phenoxy) is 1. The Morgan fingerprint density at radius 2 is 1.91 bits per heavy atom. The van der Waals surface area contributed by atoms with Crippen molar-refractivity contribution in [2.75, 3.05) is 12.4 Å². The molecular weight excluding hydrogens is 302 g/mol. The van der Waals surface area contributed by atoms with Crippen molar-refractivity contribution in [3.8, 4) is 11.5 Å². The highest BCUT2D eigenvalue weighted by atomic mass is 28.3. The predicted octanol–water partition coefficient (Wildman–Crippen LogP) is 5.14. The fraction of sp³-hybridized carbons (Fsp3) is 0.526. The van der Waals surface area contributed by atoms with Crippen LogP contribution < -0.4 is 5.32 Å². The zero-order chi connectivity index (χ0) is 16.9. The smallest absolute Gasteiger partial charge is 0.411 e. The largest absolute Gasteiger partial charge is 0.453 e. The Bertz CT molecular complexity index is 616. The predicted molar refractivity (Wildman–Crippen MR) is 98.5 cm³/mol. The number of benzene rings is 1. The number of methoxy groups -OCH3 is 1. The molecule has 0 aliphatic heterocycles. The molecule has 1 aromatic rings. The van der Waals surface area contributed by atoms with Crippen LogP contribution in [0.1, 0.15) is 49.1 Å². The van der Waals surface area contributed by atoms with Gasteiger partial charge >= 0.3 is 6.09 Å². The second-order valence-electron chi connectivity index (χ2n) is 7.26. The molecule has 0 bridgehead atoms. The van der Waals surface area contributed by atoms with Crippen molar-refractivity contribution in [2.24, 2.45) is 0 Å². The average molecular weight is 330 g/mol. The van der Waals surface area contributed by atoms with Gasteiger partial charge in [0, 0.05) is 5.56 Å². The lowest BCUT2D eigenvalue weighted by Crippen LogP contribution is -2.17. The summed E-state index contributed by atoms with van der Waals surface area (Å²) in [5, 5.41) is 2.78. The maximum absolute atomic E-state index is 11.5. The van der Waals surface area contributed by atoms with Gasteiger partial charge in [0.05, 0.1) is 12.8 Å². The molecule has 1 amide bonds. The Labute approximate surface area is 140 Å². The van der Waals surface area contributed by atoms with Crippen LogP contribution in [-0.4, -0.2) is 21.3 Å². The lowest BCUT2D eigenvalue weighted by molar-refractivity contribution is 0.187. The van der Waals surface area contributed by atoms with Crippen molar-refractivity contribution in [3.63, 3.8) is 0 Å². The summed E-state index contributed by atoms with van der Waals surface area (Å²) in [7, 11) is -0.0990. The lowest BCUT2D eigenvalue weighted by Gasteiger charge is -2.22. The van der Waals surface area contributed by atoms with Gasteiger partial charge in [-0.25, -0.2) is 4.79 Å². The maximum atomic E-state index is 11.5. The van der Waals surface area contributed by atoms with Crippen LogP contribution in [0, 0.1) is 11.5 Å². The molecule has 2 rings (SSSR count). The third kappa shape index (κ3) is 5.44. The molecule has 1 aliphatic carbocycles. The molecule has 124 valence electrons. The van der Waals surface area contributed by atoms with Gasteiger partial charge in [-0.2, -0.15) is 0 Å². The molecule has 1 fully saturated rings. The number of carbonyl (C=O) groups excluding carboxylic acids is 1. The summed E-state index contributed by atoms with van der Waals surface area (Å²) in [6, 6.07) is 6.25. The van der Waals surface area contributed by atoms with E-state index in [1.807, 2.05) is 6.07 Å². The van der Waals surface area contributed by atoms with Gasteiger partial charge in [0.15, 0.2) is 0 Å². The number of rotatable bonds is 2. The molecule has 1 aromatic carbocycles. The third-order valence-corrected chi connectivity index (χ3v) is 4.99. The fourth-order valence-electron chi connectivity index (χ4n) is 2.88. The molecule has 0 saturated heterocycles. The van der Waals surface area contributed by atoms with Crippen molar-refractivity contribution < 1.29 is 9.53 Å². The average Bonchev–Trinajstić information content (AvgIpc) is 2.53. The van der Waals surface area contributed by atoms with E-state index in [-0.39, 0.29) is 0 Å². The highest BCUT2D eigenvalue weighted by Crippen LogP contribution is 2.34. The number of hydrogen-bond donors (Lipinski definition) is 1. The van der Waals surface area contributed by atoms with Crippen LogP contribution in [0.25, 0.3) is 0 Å². The number of nitrogens with one attached hydrogen (secondary N) is 1. The second kappa shape index (κ2) is 7.70. The molecule has 1 saturated carbocycles. The molecular formula is C19H27NO2Si. The molecule has 0 unspecified atom stereocenters. The molecule has 4 heteroatoms. The van der Waals surface area contributed by atoms with Crippen LogP contribution >= 0.6 is 0 Å². The summed E-state index contributed by atoms with van der Waals surface area (Å²) >= 11 is 0.